The fourth-order valence-corrected chi connectivity index (χ4v) is 2.16. The molecule has 112 valence electrons. The third kappa shape index (κ3) is 9.80. The maximum absolute atomic E-state index is 5.67. The summed E-state index contributed by atoms with van der Waals surface area (Å²) in [6, 6.07) is 10.4. The number of allylic oxidation sites excluding steroid dienone is 2. The predicted molar refractivity (Wildman–Crippen MR) is 87.8 cm³/mol. The minimum absolute atomic E-state index is 0.744. The number of rotatable bonds is 12. The first-order chi connectivity index (χ1) is 9.93. The zero-order chi connectivity index (χ0) is 14.3. The second kappa shape index (κ2) is 12.9. The van der Waals surface area contributed by atoms with Crippen molar-refractivity contribution in [2.75, 3.05) is 6.61 Å². The van der Waals surface area contributed by atoms with Gasteiger partial charge in [-0.05, 0) is 37.7 Å². The number of benzene rings is 1. The first-order valence-electron chi connectivity index (χ1n) is 8.20. The quantitative estimate of drug-likeness (QED) is 0.340. The zero-order valence-corrected chi connectivity index (χ0v) is 13.0. The van der Waals surface area contributed by atoms with Crippen LogP contribution in [0.3, 0.4) is 0 Å². The van der Waals surface area contributed by atoms with Crippen molar-refractivity contribution < 1.29 is 4.74 Å². The van der Waals surface area contributed by atoms with Crippen molar-refractivity contribution in [3.63, 3.8) is 0 Å². The molecule has 0 aliphatic rings. The predicted octanol–water partition coefficient (Wildman–Crippen LogP) is 5.90. The van der Waals surface area contributed by atoms with Gasteiger partial charge in [0.15, 0.2) is 0 Å². The summed E-state index contributed by atoms with van der Waals surface area (Å²) in [5.74, 6) is 0. The van der Waals surface area contributed by atoms with Crippen LogP contribution in [0.4, 0.5) is 0 Å². The Balaban J connectivity index is 1.84. The molecule has 1 rings (SSSR count). The SMILES string of the molecule is CCCCCCC=CCCCCOCc1ccccc1. The van der Waals surface area contributed by atoms with E-state index < -0.39 is 0 Å². The lowest BCUT2D eigenvalue weighted by Crippen LogP contribution is -1.95. The van der Waals surface area contributed by atoms with Crippen LogP contribution < -0.4 is 0 Å². The molecule has 0 spiro atoms. The molecular formula is C19H30O. The van der Waals surface area contributed by atoms with E-state index in [0.29, 0.717) is 0 Å². The molecule has 1 heteroatoms. The summed E-state index contributed by atoms with van der Waals surface area (Å²) in [6.07, 6.45) is 15.0. The molecule has 0 aliphatic heterocycles. The first kappa shape index (κ1) is 17.0. The summed E-state index contributed by atoms with van der Waals surface area (Å²) in [7, 11) is 0. The van der Waals surface area contributed by atoms with Crippen molar-refractivity contribution in [3.8, 4) is 0 Å². The summed E-state index contributed by atoms with van der Waals surface area (Å²) in [5.41, 5.74) is 1.26. The van der Waals surface area contributed by atoms with Crippen molar-refractivity contribution >= 4 is 0 Å². The standard InChI is InChI=1S/C19H30O/c1-2-3-4-5-6-7-8-9-10-14-17-20-18-19-15-12-11-13-16-19/h7-8,11-13,15-16H,2-6,9-10,14,17-18H2,1H3. The number of hydrogen-bond donors (Lipinski definition) is 0. The highest BCUT2D eigenvalue weighted by atomic mass is 16.5. The van der Waals surface area contributed by atoms with Crippen LogP contribution in [-0.4, -0.2) is 6.61 Å². The van der Waals surface area contributed by atoms with Crippen molar-refractivity contribution in [1.82, 2.24) is 0 Å². The minimum Gasteiger partial charge on any atom is -0.377 e. The molecule has 0 saturated carbocycles. The van der Waals surface area contributed by atoms with Gasteiger partial charge < -0.3 is 4.74 Å². The monoisotopic (exact) mass is 274 g/mol. The Bertz CT molecular complexity index is 329. The third-order valence-corrected chi connectivity index (χ3v) is 3.41. The summed E-state index contributed by atoms with van der Waals surface area (Å²) in [6.45, 7) is 3.88. The van der Waals surface area contributed by atoms with Crippen molar-refractivity contribution in [1.29, 1.82) is 0 Å². The van der Waals surface area contributed by atoms with Crippen LogP contribution in [0, 0.1) is 0 Å². The summed E-state index contributed by atoms with van der Waals surface area (Å²) < 4.78 is 5.67. The van der Waals surface area contributed by atoms with Gasteiger partial charge in [-0.3, -0.25) is 0 Å². The molecule has 1 nitrogen and oxygen atoms in total. The highest BCUT2D eigenvalue weighted by molar-refractivity contribution is 5.13. The Morgan fingerprint density at radius 3 is 2.25 bits per heavy atom. The summed E-state index contributed by atoms with van der Waals surface area (Å²) in [5, 5.41) is 0. The number of hydrogen-bond acceptors (Lipinski definition) is 1. The lowest BCUT2D eigenvalue weighted by atomic mass is 10.1. The third-order valence-electron chi connectivity index (χ3n) is 3.41. The second-order valence-electron chi connectivity index (χ2n) is 5.35. The Labute approximate surface area is 125 Å². The first-order valence-corrected chi connectivity index (χ1v) is 8.20. The van der Waals surface area contributed by atoms with Gasteiger partial charge in [0.2, 0.25) is 0 Å². The van der Waals surface area contributed by atoms with Gasteiger partial charge in [-0.1, -0.05) is 68.7 Å². The van der Waals surface area contributed by atoms with E-state index in [0.717, 1.165) is 19.6 Å². The molecule has 1 aromatic carbocycles. The topological polar surface area (TPSA) is 9.23 Å². The fourth-order valence-electron chi connectivity index (χ4n) is 2.16. The summed E-state index contributed by atoms with van der Waals surface area (Å²) >= 11 is 0. The van der Waals surface area contributed by atoms with E-state index in [1.54, 1.807) is 0 Å². The van der Waals surface area contributed by atoms with E-state index in [2.05, 4.69) is 43.3 Å². The van der Waals surface area contributed by atoms with Gasteiger partial charge in [-0.15, -0.1) is 0 Å². The molecule has 0 aliphatic carbocycles. The maximum atomic E-state index is 5.67. The molecule has 0 radical (unpaired) electrons. The molecule has 0 heterocycles. The summed E-state index contributed by atoms with van der Waals surface area (Å²) in [4.78, 5) is 0. The van der Waals surface area contributed by atoms with Gasteiger partial charge in [-0.2, -0.15) is 0 Å². The van der Waals surface area contributed by atoms with Gasteiger partial charge in [-0.25, -0.2) is 0 Å². The molecule has 0 bridgehead atoms. The second-order valence-corrected chi connectivity index (χ2v) is 5.35. The average molecular weight is 274 g/mol. The van der Waals surface area contributed by atoms with E-state index in [-0.39, 0.29) is 0 Å². The number of ether oxygens (including phenoxy) is 1. The lowest BCUT2D eigenvalue weighted by molar-refractivity contribution is 0.117. The van der Waals surface area contributed by atoms with Crippen LogP contribution in [0.1, 0.15) is 63.9 Å². The Morgan fingerprint density at radius 2 is 1.55 bits per heavy atom. The highest BCUT2D eigenvalue weighted by Gasteiger charge is 1.92. The van der Waals surface area contributed by atoms with Gasteiger partial charge in [0.25, 0.3) is 0 Å². The van der Waals surface area contributed by atoms with Gasteiger partial charge in [0.05, 0.1) is 6.61 Å². The highest BCUT2D eigenvalue weighted by Crippen LogP contribution is 2.05. The lowest BCUT2D eigenvalue weighted by Gasteiger charge is -2.03. The molecule has 0 unspecified atom stereocenters. The maximum Gasteiger partial charge on any atom is 0.0716 e. The van der Waals surface area contributed by atoms with Crippen LogP contribution in [0.15, 0.2) is 42.5 Å². The molecule has 1 aromatic rings. The normalized spacial score (nSPS) is 11.2. The Morgan fingerprint density at radius 1 is 0.850 bits per heavy atom. The van der Waals surface area contributed by atoms with E-state index in [1.807, 2.05) is 6.07 Å². The molecular weight excluding hydrogens is 244 g/mol. The van der Waals surface area contributed by atoms with Crippen LogP contribution >= 0.6 is 0 Å². The fraction of sp³-hybridized carbons (Fsp3) is 0.579. The van der Waals surface area contributed by atoms with Crippen LogP contribution in [0.5, 0.6) is 0 Å². The van der Waals surface area contributed by atoms with Crippen LogP contribution in [-0.2, 0) is 11.3 Å². The molecule has 0 saturated heterocycles. The average Bonchev–Trinajstić information content (AvgIpc) is 2.49. The van der Waals surface area contributed by atoms with Crippen LogP contribution in [0.25, 0.3) is 0 Å². The van der Waals surface area contributed by atoms with E-state index in [1.165, 1.54) is 50.5 Å². The van der Waals surface area contributed by atoms with Crippen molar-refractivity contribution in [2.45, 2.75) is 64.9 Å². The molecule has 0 amide bonds. The molecule has 0 fully saturated rings. The number of unbranched alkanes of at least 4 members (excludes halogenated alkanes) is 6. The molecule has 0 atom stereocenters. The van der Waals surface area contributed by atoms with Gasteiger partial charge in [0.1, 0.15) is 0 Å². The molecule has 20 heavy (non-hydrogen) atoms. The molecule has 0 aromatic heterocycles. The Kier molecular flexibility index (Phi) is 11.0. The van der Waals surface area contributed by atoms with E-state index in [4.69, 9.17) is 4.74 Å². The Hall–Kier alpha value is -1.08. The van der Waals surface area contributed by atoms with E-state index in [9.17, 15) is 0 Å². The smallest absolute Gasteiger partial charge is 0.0716 e. The largest absolute Gasteiger partial charge is 0.377 e. The van der Waals surface area contributed by atoms with Crippen molar-refractivity contribution in [2.24, 2.45) is 0 Å². The van der Waals surface area contributed by atoms with E-state index >= 15 is 0 Å². The van der Waals surface area contributed by atoms with Gasteiger partial charge >= 0.3 is 0 Å². The van der Waals surface area contributed by atoms with Gasteiger partial charge in [0, 0.05) is 6.61 Å². The molecule has 0 N–H and O–H groups in total. The zero-order valence-electron chi connectivity index (χ0n) is 13.0. The van der Waals surface area contributed by atoms with Crippen LogP contribution in [0.2, 0.25) is 0 Å². The van der Waals surface area contributed by atoms with Crippen molar-refractivity contribution in [3.05, 3.63) is 48.0 Å². The minimum atomic E-state index is 0.744.